The first-order valence-electron chi connectivity index (χ1n) is 9.68. The van der Waals surface area contributed by atoms with Gasteiger partial charge in [0, 0.05) is 23.4 Å². The molecule has 1 saturated heterocycles. The molecule has 0 bridgehead atoms. The van der Waals surface area contributed by atoms with Crippen LogP contribution in [0.1, 0.15) is 29.8 Å². The Hall–Kier alpha value is -3.56. The highest BCUT2D eigenvalue weighted by atomic mass is 16.5. The number of methoxy groups -OCH3 is 1. The molecule has 2 atom stereocenters. The third-order valence-electron chi connectivity index (χ3n) is 5.08. The third-order valence-corrected chi connectivity index (χ3v) is 5.08. The van der Waals surface area contributed by atoms with Gasteiger partial charge in [-0.15, -0.1) is 0 Å². The van der Waals surface area contributed by atoms with Crippen LogP contribution in [0.3, 0.4) is 0 Å². The highest BCUT2D eigenvalue weighted by Gasteiger charge is 2.29. The Kier molecular flexibility index (Phi) is 6.55. The second-order valence-electron chi connectivity index (χ2n) is 7.21. The van der Waals surface area contributed by atoms with Crippen molar-refractivity contribution in [2.24, 2.45) is 11.7 Å². The van der Waals surface area contributed by atoms with E-state index in [2.05, 4.69) is 20.9 Å². The quantitative estimate of drug-likeness (QED) is 0.403. The van der Waals surface area contributed by atoms with E-state index in [1.165, 1.54) is 0 Å². The summed E-state index contributed by atoms with van der Waals surface area (Å²) in [6.45, 7) is 0.271. The van der Waals surface area contributed by atoms with Crippen LogP contribution in [-0.2, 0) is 14.4 Å². The van der Waals surface area contributed by atoms with E-state index in [4.69, 9.17) is 10.5 Å². The van der Waals surface area contributed by atoms with E-state index in [-0.39, 0.29) is 30.5 Å². The number of amides is 4. The standard InChI is InChI=1S/C20H25N5O5/c1-30-13-4-5-14-12(7-13)9-16(24-14)20(29)23-10-17(26)25-15(18(21)27)8-11-3-2-6-22-19(11)28/h4-5,7,9,11,15,24H,2-3,6,8,10H2,1H3,(H2,21,27)(H,22,28)(H,23,29)(H,25,26). The minimum atomic E-state index is -0.983. The molecule has 1 aliphatic rings. The minimum Gasteiger partial charge on any atom is -0.497 e. The van der Waals surface area contributed by atoms with Gasteiger partial charge in [-0.2, -0.15) is 0 Å². The lowest BCUT2D eigenvalue weighted by atomic mass is 9.91. The van der Waals surface area contributed by atoms with Crippen LogP contribution in [0.2, 0.25) is 0 Å². The van der Waals surface area contributed by atoms with Crippen molar-refractivity contribution in [3.05, 3.63) is 30.0 Å². The van der Waals surface area contributed by atoms with Crippen LogP contribution in [0.15, 0.2) is 24.3 Å². The lowest BCUT2D eigenvalue weighted by Crippen LogP contribution is -2.50. The first kappa shape index (κ1) is 21.2. The monoisotopic (exact) mass is 415 g/mol. The number of piperidine rings is 1. The maximum Gasteiger partial charge on any atom is 0.268 e. The molecule has 0 radical (unpaired) electrons. The second-order valence-corrected chi connectivity index (χ2v) is 7.21. The SMILES string of the molecule is COc1ccc2[nH]c(C(=O)NCC(=O)NC(CC3CCCNC3=O)C(N)=O)cc2c1. The number of carbonyl (C=O) groups excluding carboxylic acids is 4. The van der Waals surface area contributed by atoms with Crippen LogP contribution < -0.4 is 26.4 Å². The van der Waals surface area contributed by atoms with Crippen molar-refractivity contribution in [2.45, 2.75) is 25.3 Å². The Bertz CT molecular complexity index is 970. The molecule has 1 aliphatic heterocycles. The van der Waals surface area contributed by atoms with Crippen LogP contribution >= 0.6 is 0 Å². The maximum absolute atomic E-state index is 12.4. The predicted octanol–water partition coefficient (Wildman–Crippen LogP) is -0.207. The van der Waals surface area contributed by atoms with Gasteiger partial charge in [0.05, 0.1) is 13.7 Å². The molecule has 1 aromatic carbocycles. The molecule has 1 fully saturated rings. The number of benzene rings is 1. The molecule has 2 aromatic rings. The van der Waals surface area contributed by atoms with Crippen molar-refractivity contribution >= 4 is 34.5 Å². The number of fused-ring (bicyclic) bond motifs is 1. The molecule has 10 heteroatoms. The molecule has 30 heavy (non-hydrogen) atoms. The number of nitrogens with one attached hydrogen (secondary N) is 4. The Balaban J connectivity index is 1.55. The predicted molar refractivity (Wildman–Crippen MR) is 109 cm³/mol. The number of hydrogen-bond acceptors (Lipinski definition) is 5. The lowest BCUT2D eigenvalue weighted by Gasteiger charge is -2.25. The fraction of sp³-hybridized carbons (Fsp3) is 0.400. The Morgan fingerprint density at radius 2 is 2.10 bits per heavy atom. The maximum atomic E-state index is 12.4. The average molecular weight is 415 g/mol. The summed E-state index contributed by atoms with van der Waals surface area (Å²) in [6, 6.07) is 6.01. The van der Waals surface area contributed by atoms with E-state index in [1.807, 2.05) is 0 Å². The summed E-state index contributed by atoms with van der Waals surface area (Å²) in [7, 11) is 1.56. The number of carbonyl (C=O) groups is 4. The smallest absolute Gasteiger partial charge is 0.268 e. The molecule has 1 aromatic heterocycles. The van der Waals surface area contributed by atoms with Crippen LogP contribution in [0.5, 0.6) is 5.75 Å². The van der Waals surface area contributed by atoms with Crippen LogP contribution in [0, 0.1) is 5.92 Å². The Labute approximate surface area is 172 Å². The largest absolute Gasteiger partial charge is 0.497 e. The fourth-order valence-corrected chi connectivity index (χ4v) is 3.45. The van der Waals surface area contributed by atoms with Crippen LogP contribution in [0.25, 0.3) is 10.9 Å². The van der Waals surface area contributed by atoms with E-state index < -0.39 is 23.8 Å². The molecule has 4 amide bonds. The summed E-state index contributed by atoms with van der Waals surface area (Å²) >= 11 is 0. The van der Waals surface area contributed by atoms with Crippen molar-refractivity contribution < 1.29 is 23.9 Å². The summed E-state index contributed by atoms with van der Waals surface area (Å²) in [5, 5.41) is 8.53. The highest BCUT2D eigenvalue weighted by molar-refractivity contribution is 6.00. The van der Waals surface area contributed by atoms with Crippen LogP contribution in [-0.4, -0.2) is 54.9 Å². The summed E-state index contributed by atoms with van der Waals surface area (Å²) in [5.41, 5.74) is 6.42. The zero-order valence-corrected chi connectivity index (χ0v) is 16.6. The van der Waals surface area contributed by atoms with E-state index in [0.717, 1.165) is 17.3 Å². The first-order chi connectivity index (χ1) is 14.4. The fourth-order valence-electron chi connectivity index (χ4n) is 3.45. The molecule has 3 rings (SSSR count). The lowest BCUT2D eigenvalue weighted by molar-refractivity contribution is -0.130. The number of ether oxygens (including phenoxy) is 1. The molecular formula is C20H25N5O5. The number of H-pyrrole nitrogens is 1. The summed E-state index contributed by atoms with van der Waals surface area (Å²) in [6.07, 6.45) is 1.57. The molecule has 6 N–H and O–H groups in total. The normalized spacial score (nSPS) is 17.1. The Morgan fingerprint density at radius 3 is 2.80 bits per heavy atom. The van der Waals surface area contributed by atoms with Gasteiger partial charge in [0.1, 0.15) is 17.5 Å². The number of rotatable bonds is 8. The highest BCUT2D eigenvalue weighted by Crippen LogP contribution is 2.21. The second kappa shape index (κ2) is 9.29. The number of aromatic amines is 1. The number of primary amides is 1. The molecule has 10 nitrogen and oxygen atoms in total. The number of hydrogen-bond donors (Lipinski definition) is 5. The van der Waals surface area contributed by atoms with E-state index in [9.17, 15) is 19.2 Å². The number of aromatic nitrogens is 1. The molecule has 2 heterocycles. The zero-order valence-electron chi connectivity index (χ0n) is 16.6. The summed E-state index contributed by atoms with van der Waals surface area (Å²) in [4.78, 5) is 51.1. The van der Waals surface area contributed by atoms with E-state index in [1.54, 1.807) is 31.4 Å². The van der Waals surface area contributed by atoms with Gasteiger partial charge in [-0.1, -0.05) is 0 Å². The average Bonchev–Trinajstić information content (AvgIpc) is 3.16. The van der Waals surface area contributed by atoms with Crippen molar-refractivity contribution in [1.82, 2.24) is 20.9 Å². The van der Waals surface area contributed by atoms with Crippen molar-refractivity contribution in [2.75, 3.05) is 20.2 Å². The van der Waals surface area contributed by atoms with Gasteiger partial charge in [-0.25, -0.2) is 0 Å². The van der Waals surface area contributed by atoms with Gasteiger partial charge in [0.15, 0.2) is 0 Å². The third kappa shape index (κ3) is 5.07. The first-order valence-corrected chi connectivity index (χ1v) is 9.68. The van der Waals surface area contributed by atoms with Crippen molar-refractivity contribution in [1.29, 1.82) is 0 Å². The molecule has 0 aliphatic carbocycles. The van der Waals surface area contributed by atoms with Gasteiger partial charge < -0.3 is 31.4 Å². The van der Waals surface area contributed by atoms with Gasteiger partial charge in [-0.3, -0.25) is 19.2 Å². The Morgan fingerprint density at radius 1 is 1.30 bits per heavy atom. The molecule has 0 spiro atoms. The topological polar surface area (TPSA) is 155 Å². The van der Waals surface area contributed by atoms with Gasteiger partial charge in [-0.05, 0) is 43.5 Å². The van der Waals surface area contributed by atoms with Gasteiger partial charge >= 0.3 is 0 Å². The van der Waals surface area contributed by atoms with Gasteiger partial charge in [0.2, 0.25) is 17.7 Å². The zero-order chi connectivity index (χ0) is 21.7. The molecular weight excluding hydrogens is 390 g/mol. The van der Waals surface area contributed by atoms with Crippen molar-refractivity contribution in [3.8, 4) is 5.75 Å². The van der Waals surface area contributed by atoms with Gasteiger partial charge in [0.25, 0.3) is 5.91 Å². The molecule has 0 saturated carbocycles. The minimum absolute atomic E-state index is 0.130. The molecule has 2 unspecified atom stereocenters. The number of nitrogens with two attached hydrogens (primary N) is 1. The van der Waals surface area contributed by atoms with Crippen molar-refractivity contribution in [3.63, 3.8) is 0 Å². The summed E-state index contributed by atoms with van der Waals surface area (Å²) in [5.74, 6) is -1.63. The summed E-state index contributed by atoms with van der Waals surface area (Å²) < 4.78 is 5.16. The van der Waals surface area contributed by atoms with Crippen LogP contribution in [0.4, 0.5) is 0 Å². The van der Waals surface area contributed by atoms with E-state index in [0.29, 0.717) is 18.7 Å². The van der Waals surface area contributed by atoms with E-state index >= 15 is 0 Å². The molecule has 160 valence electrons.